The Morgan fingerprint density at radius 3 is 2.62 bits per heavy atom. The number of carbonyl (C=O) groups is 1. The molecule has 1 heterocycles. The second-order valence-corrected chi connectivity index (χ2v) is 6.29. The number of urea groups is 1. The van der Waals surface area contributed by atoms with Crippen LogP contribution in [0.1, 0.15) is 23.1 Å². The van der Waals surface area contributed by atoms with Crippen LogP contribution in [0, 0.1) is 11.3 Å². The number of carbonyl (C=O) groups excluding carboxylic acids is 1. The van der Waals surface area contributed by atoms with Crippen molar-refractivity contribution in [2.75, 3.05) is 5.32 Å². The van der Waals surface area contributed by atoms with E-state index >= 15 is 0 Å². The van der Waals surface area contributed by atoms with Crippen molar-refractivity contribution in [2.45, 2.75) is 24.9 Å². The zero-order valence-electron chi connectivity index (χ0n) is 14.8. The van der Waals surface area contributed by atoms with Crippen LogP contribution in [-0.4, -0.2) is 28.8 Å². The summed E-state index contributed by atoms with van der Waals surface area (Å²) in [7, 11) is 0. The van der Waals surface area contributed by atoms with Crippen LogP contribution in [0.2, 0.25) is 0 Å². The number of aliphatic hydroxyl groups is 1. The van der Waals surface area contributed by atoms with Crippen LogP contribution in [0.25, 0.3) is 0 Å². The zero-order chi connectivity index (χ0) is 21.1. The third kappa shape index (κ3) is 4.64. The van der Waals surface area contributed by atoms with Gasteiger partial charge in [-0.15, -0.1) is 0 Å². The second-order valence-electron chi connectivity index (χ2n) is 6.29. The summed E-state index contributed by atoms with van der Waals surface area (Å²) in [5.74, 6) is -3.34. The van der Waals surface area contributed by atoms with Gasteiger partial charge in [0.05, 0.1) is 23.8 Å². The smallest absolute Gasteiger partial charge is 0.350 e. The summed E-state index contributed by atoms with van der Waals surface area (Å²) in [5.41, 5.74) is 1.87. The molecule has 0 fully saturated rings. The average Bonchev–Trinajstić information content (AvgIpc) is 3.11. The lowest BCUT2D eigenvalue weighted by molar-refractivity contribution is -0.355. The number of rotatable bonds is 4. The number of nitriles is 1. The molecule has 0 saturated carbocycles. The molecular formula is C19H15F3N4O3. The molecule has 7 nitrogen and oxygen atoms in total. The molecule has 0 radical (unpaired) electrons. The van der Waals surface area contributed by atoms with Crippen molar-refractivity contribution in [3.8, 4) is 6.07 Å². The topological polar surface area (TPSA) is 107 Å². The molecule has 0 aliphatic carbocycles. The second kappa shape index (κ2) is 7.81. The first-order chi connectivity index (χ1) is 13.7. The average molecular weight is 404 g/mol. The zero-order valence-corrected chi connectivity index (χ0v) is 14.8. The van der Waals surface area contributed by atoms with Gasteiger partial charge in [-0.2, -0.15) is 18.4 Å². The number of oxime groups is 1. The fourth-order valence-electron chi connectivity index (χ4n) is 2.58. The molecule has 1 atom stereocenters. The van der Waals surface area contributed by atoms with E-state index < -0.39 is 24.4 Å². The van der Waals surface area contributed by atoms with Gasteiger partial charge in [-0.1, -0.05) is 23.4 Å². The largest absolute Gasteiger partial charge is 0.458 e. The van der Waals surface area contributed by atoms with Crippen molar-refractivity contribution in [3.05, 3.63) is 65.2 Å². The summed E-state index contributed by atoms with van der Waals surface area (Å²) in [6.07, 6.45) is -5.80. The first-order valence-corrected chi connectivity index (χ1v) is 8.39. The lowest BCUT2D eigenvalue weighted by Crippen LogP contribution is -2.45. The molecule has 2 aromatic rings. The fourth-order valence-corrected chi connectivity index (χ4v) is 2.58. The number of benzene rings is 2. The molecule has 0 aromatic heterocycles. The molecule has 1 unspecified atom stereocenters. The Morgan fingerprint density at radius 2 is 2.00 bits per heavy atom. The van der Waals surface area contributed by atoms with Gasteiger partial charge in [-0.25, -0.2) is 4.79 Å². The van der Waals surface area contributed by atoms with Crippen molar-refractivity contribution in [1.29, 1.82) is 5.26 Å². The van der Waals surface area contributed by atoms with Crippen LogP contribution >= 0.6 is 0 Å². The maximum Gasteiger partial charge on any atom is 0.458 e. The van der Waals surface area contributed by atoms with Crippen molar-refractivity contribution in [2.24, 2.45) is 5.16 Å². The minimum absolute atomic E-state index is 0.0475. The number of halogens is 3. The minimum atomic E-state index is -4.97. The van der Waals surface area contributed by atoms with Crippen LogP contribution < -0.4 is 10.6 Å². The highest BCUT2D eigenvalue weighted by Crippen LogP contribution is 2.38. The Labute approximate surface area is 163 Å². The van der Waals surface area contributed by atoms with E-state index in [2.05, 4.69) is 20.6 Å². The quantitative estimate of drug-likeness (QED) is 0.727. The molecular weight excluding hydrogens is 389 g/mol. The van der Waals surface area contributed by atoms with Gasteiger partial charge in [0.1, 0.15) is 0 Å². The van der Waals surface area contributed by atoms with Gasteiger partial charge >= 0.3 is 18.0 Å². The van der Waals surface area contributed by atoms with Crippen LogP contribution in [0.4, 0.5) is 23.7 Å². The van der Waals surface area contributed by atoms with E-state index in [-0.39, 0.29) is 12.3 Å². The molecule has 1 aliphatic rings. The van der Waals surface area contributed by atoms with Gasteiger partial charge < -0.3 is 20.6 Å². The SMILES string of the molecule is N#Cc1ccc(NC(=O)NCc2cccc(C3=NOC(O)(C(F)(F)F)C3)c2)cc1. The van der Waals surface area contributed by atoms with Gasteiger partial charge in [0.15, 0.2) is 0 Å². The van der Waals surface area contributed by atoms with Crippen molar-refractivity contribution >= 4 is 17.4 Å². The summed E-state index contributed by atoms with van der Waals surface area (Å²) < 4.78 is 38.5. The van der Waals surface area contributed by atoms with Gasteiger partial charge in [0.25, 0.3) is 0 Å². The molecule has 0 bridgehead atoms. The standard InChI is InChI=1S/C19H15F3N4O3/c20-19(21,22)18(28)9-16(26-29-18)14-3-1-2-13(8-14)11-24-17(27)25-15-6-4-12(10-23)5-7-15/h1-8,28H,9,11H2,(H2,24,25,27). The number of nitrogens with zero attached hydrogens (tertiary/aromatic N) is 2. The van der Waals surface area contributed by atoms with Crippen LogP contribution in [0.15, 0.2) is 53.7 Å². The minimum Gasteiger partial charge on any atom is -0.350 e. The number of anilines is 1. The molecule has 3 rings (SSSR count). The Hall–Kier alpha value is -3.58. The van der Waals surface area contributed by atoms with Crippen molar-refractivity contribution in [3.63, 3.8) is 0 Å². The summed E-state index contributed by atoms with van der Waals surface area (Å²) >= 11 is 0. The van der Waals surface area contributed by atoms with Crippen LogP contribution in [0.5, 0.6) is 0 Å². The predicted molar refractivity (Wildman–Crippen MR) is 96.7 cm³/mol. The van der Waals surface area contributed by atoms with Crippen molar-refractivity contribution in [1.82, 2.24) is 5.32 Å². The van der Waals surface area contributed by atoms with Crippen molar-refractivity contribution < 1.29 is 27.9 Å². The van der Waals surface area contributed by atoms with E-state index in [0.717, 1.165) is 0 Å². The van der Waals surface area contributed by atoms with E-state index in [4.69, 9.17) is 5.26 Å². The highest BCUT2D eigenvalue weighted by atomic mass is 19.4. The molecule has 2 amide bonds. The molecule has 10 heteroatoms. The van der Waals surface area contributed by atoms with Gasteiger partial charge in [-0.05, 0) is 41.5 Å². The summed E-state index contributed by atoms with van der Waals surface area (Å²) in [5, 5.41) is 26.9. The summed E-state index contributed by atoms with van der Waals surface area (Å²) in [6, 6.07) is 14.1. The van der Waals surface area contributed by atoms with E-state index in [1.54, 1.807) is 42.5 Å². The maximum atomic E-state index is 12.8. The Kier molecular flexibility index (Phi) is 5.43. The van der Waals surface area contributed by atoms with Gasteiger partial charge in [-0.3, -0.25) is 0 Å². The van der Waals surface area contributed by atoms with E-state index in [1.807, 2.05) is 6.07 Å². The molecule has 150 valence electrons. The van der Waals surface area contributed by atoms with E-state index in [1.165, 1.54) is 6.07 Å². The number of hydrogen-bond donors (Lipinski definition) is 3. The summed E-state index contributed by atoms with van der Waals surface area (Å²) in [4.78, 5) is 16.2. The Morgan fingerprint density at radius 1 is 1.28 bits per heavy atom. The number of amides is 2. The highest BCUT2D eigenvalue weighted by molar-refractivity contribution is 6.01. The number of nitrogens with one attached hydrogen (secondary N) is 2. The molecule has 0 saturated heterocycles. The third-order valence-corrected chi connectivity index (χ3v) is 4.14. The first kappa shape index (κ1) is 20.2. The molecule has 3 N–H and O–H groups in total. The monoisotopic (exact) mass is 404 g/mol. The molecule has 2 aromatic carbocycles. The van der Waals surface area contributed by atoms with Gasteiger partial charge in [0, 0.05) is 12.2 Å². The molecule has 29 heavy (non-hydrogen) atoms. The third-order valence-electron chi connectivity index (χ3n) is 4.14. The van der Waals surface area contributed by atoms with E-state index in [0.29, 0.717) is 22.4 Å². The Bertz CT molecular complexity index is 983. The van der Waals surface area contributed by atoms with E-state index in [9.17, 15) is 23.1 Å². The lowest BCUT2D eigenvalue weighted by atomic mass is 10.0. The molecule has 1 aliphatic heterocycles. The number of alkyl halides is 3. The summed E-state index contributed by atoms with van der Waals surface area (Å²) in [6.45, 7) is 0.105. The fraction of sp³-hybridized carbons (Fsp3) is 0.211. The predicted octanol–water partition coefficient (Wildman–Crippen LogP) is 3.26. The first-order valence-electron chi connectivity index (χ1n) is 8.39. The van der Waals surface area contributed by atoms with Crippen LogP contribution in [-0.2, 0) is 11.4 Å². The Balaban J connectivity index is 1.59. The highest BCUT2D eigenvalue weighted by Gasteiger charge is 2.60. The maximum absolute atomic E-state index is 12.8. The molecule has 0 spiro atoms. The van der Waals surface area contributed by atoms with Crippen LogP contribution in [0.3, 0.4) is 0 Å². The lowest BCUT2D eigenvalue weighted by Gasteiger charge is -2.22. The number of hydrogen-bond acceptors (Lipinski definition) is 5. The normalized spacial score (nSPS) is 18.4. The van der Waals surface area contributed by atoms with Gasteiger partial charge in [0.2, 0.25) is 0 Å².